The molecule has 2 aromatic rings. The number of benzene rings is 1. The number of hydrogen-bond acceptors (Lipinski definition) is 5. The molecule has 1 saturated heterocycles. The highest BCUT2D eigenvalue weighted by atomic mass is 19.4. The molecular formula is C19H18F6N6O2. The van der Waals surface area contributed by atoms with Crippen molar-refractivity contribution in [3.8, 4) is 11.4 Å². The summed E-state index contributed by atoms with van der Waals surface area (Å²) in [5, 5.41) is 3.86. The fraction of sp³-hybridized carbons (Fsp3) is 0.368. The molecule has 1 fully saturated rings. The Labute approximate surface area is 183 Å². The van der Waals surface area contributed by atoms with Crippen LogP contribution in [-0.2, 0) is 17.1 Å². The molecule has 3 rings (SSSR count). The topological polar surface area (TPSA) is 74.6 Å². The van der Waals surface area contributed by atoms with E-state index in [2.05, 4.69) is 10.1 Å². The van der Waals surface area contributed by atoms with Crippen LogP contribution in [0.15, 0.2) is 30.2 Å². The minimum Gasteiger partial charge on any atom is -0.308 e. The van der Waals surface area contributed by atoms with Crippen molar-refractivity contribution in [2.45, 2.75) is 12.4 Å². The summed E-state index contributed by atoms with van der Waals surface area (Å²) in [5.41, 5.74) is -3.61. The maximum absolute atomic E-state index is 13.1. The van der Waals surface area contributed by atoms with Crippen LogP contribution in [0.25, 0.3) is 17.6 Å². The minimum absolute atomic E-state index is 0.00253. The number of likely N-dealkylation sites (N-methyl/N-ethyl adjacent to an activating group) is 2. The number of nitrogens with zero attached hydrogens (tertiary/aromatic N) is 6. The smallest absolute Gasteiger partial charge is 0.308 e. The van der Waals surface area contributed by atoms with Gasteiger partial charge in [-0.05, 0) is 32.3 Å². The Morgan fingerprint density at radius 1 is 1.00 bits per heavy atom. The molecular weight excluding hydrogens is 458 g/mol. The van der Waals surface area contributed by atoms with Gasteiger partial charge in [0, 0.05) is 25.7 Å². The lowest BCUT2D eigenvalue weighted by Gasteiger charge is -2.16. The van der Waals surface area contributed by atoms with E-state index in [1.165, 1.54) is 7.05 Å². The molecule has 178 valence electrons. The van der Waals surface area contributed by atoms with Gasteiger partial charge in [0.15, 0.2) is 5.82 Å². The monoisotopic (exact) mass is 476 g/mol. The molecule has 0 saturated carbocycles. The number of aromatic nitrogens is 3. The number of hydrogen-bond donors (Lipinski definition) is 0. The van der Waals surface area contributed by atoms with E-state index in [0.717, 1.165) is 27.0 Å². The number of carbonyl (C=O) groups excluding carboxylic acids is 2. The second kappa shape index (κ2) is 8.50. The summed E-state index contributed by atoms with van der Waals surface area (Å²) in [4.78, 5) is 32.5. The SMILES string of the molecule is CN(C)CCN1C(=O)/C(=C/n2cnc(-c3cc(C(F)(F)F)cc(C(F)(F)F)c3)n2)N(C)C1=O. The van der Waals surface area contributed by atoms with E-state index in [4.69, 9.17) is 0 Å². The third-order valence-electron chi connectivity index (χ3n) is 4.72. The average Bonchev–Trinajstić information content (AvgIpc) is 3.24. The van der Waals surface area contributed by atoms with Gasteiger partial charge in [-0.15, -0.1) is 5.10 Å². The Hall–Kier alpha value is -3.42. The summed E-state index contributed by atoms with van der Waals surface area (Å²) < 4.78 is 79.5. The quantitative estimate of drug-likeness (QED) is 0.377. The van der Waals surface area contributed by atoms with Gasteiger partial charge in [0.25, 0.3) is 5.91 Å². The summed E-state index contributed by atoms with van der Waals surface area (Å²) in [6.45, 7) is 0.544. The van der Waals surface area contributed by atoms with E-state index in [0.29, 0.717) is 18.7 Å². The van der Waals surface area contributed by atoms with E-state index in [-0.39, 0.29) is 18.3 Å². The molecule has 0 atom stereocenters. The van der Waals surface area contributed by atoms with E-state index in [9.17, 15) is 35.9 Å². The third kappa shape index (κ3) is 5.16. The van der Waals surface area contributed by atoms with Gasteiger partial charge in [-0.25, -0.2) is 14.5 Å². The first-order chi connectivity index (χ1) is 15.2. The second-order valence-electron chi connectivity index (χ2n) is 7.46. The van der Waals surface area contributed by atoms with Crippen LogP contribution in [-0.4, -0.2) is 75.6 Å². The highest BCUT2D eigenvalue weighted by Gasteiger charge is 2.39. The standard InChI is InChI=1S/C19H18F6N6O2/c1-28(2)4-5-31-16(32)14(29(3)17(31)33)9-30-10-26-15(27-30)11-6-12(18(20,21)22)8-13(7-11)19(23,24)25/h6-10H,4-5H2,1-3H3/b14-9-. The zero-order chi connectivity index (χ0) is 24.7. The van der Waals surface area contributed by atoms with Gasteiger partial charge in [0.2, 0.25) is 0 Å². The molecule has 2 heterocycles. The largest absolute Gasteiger partial charge is 0.416 e. The number of urea groups is 1. The van der Waals surface area contributed by atoms with E-state index in [1.54, 1.807) is 19.0 Å². The predicted octanol–water partition coefficient (Wildman–Crippen LogP) is 3.24. The first-order valence-corrected chi connectivity index (χ1v) is 9.35. The first kappa shape index (κ1) is 24.2. The molecule has 1 aliphatic heterocycles. The summed E-state index contributed by atoms with van der Waals surface area (Å²) in [5.74, 6) is -1.05. The molecule has 0 bridgehead atoms. The van der Waals surface area contributed by atoms with Gasteiger partial charge in [0.05, 0.1) is 17.3 Å². The van der Waals surface area contributed by atoms with Crippen molar-refractivity contribution < 1.29 is 35.9 Å². The van der Waals surface area contributed by atoms with Crippen molar-refractivity contribution in [2.75, 3.05) is 34.2 Å². The van der Waals surface area contributed by atoms with Crippen LogP contribution in [0.2, 0.25) is 0 Å². The van der Waals surface area contributed by atoms with Crippen molar-refractivity contribution >= 4 is 18.1 Å². The van der Waals surface area contributed by atoms with Gasteiger partial charge in [0.1, 0.15) is 12.0 Å². The van der Waals surface area contributed by atoms with Gasteiger partial charge in [-0.1, -0.05) is 0 Å². The fourth-order valence-corrected chi connectivity index (χ4v) is 2.97. The van der Waals surface area contributed by atoms with Crippen LogP contribution in [0.5, 0.6) is 0 Å². The molecule has 0 N–H and O–H groups in total. The Kier molecular flexibility index (Phi) is 6.24. The molecule has 1 aromatic carbocycles. The van der Waals surface area contributed by atoms with Crippen LogP contribution in [0.3, 0.4) is 0 Å². The summed E-state index contributed by atoms with van der Waals surface area (Å²) in [6, 6.07) is 0.423. The lowest BCUT2D eigenvalue weighted by Crippen LogP contribution is -2.36. The van der Waals surface area contributed by atoms with Crippen LogP contribution in [0.4, 0.5) is 31.1 Å². The first-order valence-electron chi connectivity index (χ1n) is 9.35. The van der Waals surface area contributed by atoms with Gasteiger partial charge in [-0.3, -0.25) is 14.6 Å². The van der Waals surface area contributed by atoms with Crippen LogP contribution < -0.4 is 0 Å². The Balaban J connectivity index is 1.95. The van der Waals surface area contributed by atoms with E-state index >= 15 is 0 Å². The van der Waals surface area contributed by atoms with Gasteiger partial charge < -0.3 is 4.90 Å². The number of rotatable bonds is 5. The minimum atomic E-state index is -5.02. The highest BCUT2D eigenvalue weighted by Crippen LogP contribution is 2.38. The molecule has 8 nitrogen and oxygen atoms in total. The number of carbonyl (C=O) groups is 2. The summed E-state index contributed by atoms with van der Waals surface area (Å²) >= 11 is 0. The number of alkyl halides is 6. The Morgan fingerprint density at radius 3 is 2.09 bits per heavy atom. The zero-order valence-electron chi connectivity index (χ0n) is 17.6. The lowest BCUT2D eigenvalue weighted by molar-refractivity contribution is -0.143. The second-order valence-corrected chi connectivity index (χ2v) is 7.46. The van der Waals surface area contributed by atoms with Crippen molar-refractivity contribution in [3.63, 3.8) is 0 Å². The van der Waals surface area contributed by atoms with Gasteiger partial charge in [-0.2, -0.15) is 26.3 Å². The predicted molar refractivity (Wildman–Crippen MR) is 103 cm³/mol. The molecule has 1 aliphatic rings. The molecule has 33 heavy (non-hydrogen) atoms. The molecule has 0 spiro atoms. The summed E-state index contributed by atoms with van der Waals surface area (Å²) in [6.07, 6.45) is -7.92. The van der Waals surface area contributed by atoms with Crippen molar-refractivity contribution in [1.29, 1.82) is 0 Å². The van der Waals surface area contributed by atoms with E-state index in [1.807, 2.05) is 0 Å². The summed E-state index contributed by atoms with van der Waals surface area (Å²) in [7, 11) is 4.88. The molecule has 0 unspecified atom stereocenters. The Morgan fingerprint density at radius 2 is 1.58 bits per heavy atom. The molecule has 14 heteroatoms. The molecule has 0 aliphatic carbocycles. The van der Waals surface area contributed by atoms with E-state index < -0.39 is 46.8 Å². The Bertz CT molecular complexity index is 1070. The number of imide groups is 1. The maximum atomic E-state index is 13.1. The van der Waals surface area contributed by atoms with Crippen LogP contribution in [0.1, 0.15) is 11.1 Å². The third-order valence-corrected chi connectivity index (χ3v) is 4.72. The molecule has 1 aromatic heterocycles. The highest BCUT2D eigenvalue weighted by molar-refractivity contribution is 6.13. The van der Waals surface area contributed by atoms with Crippen molar-refractivity contribution in [3.05, 3.63) is 41.4 Å². The maximum Gasteiger partial charge on any atom is 0.416 e. The van der Waals surface area contributed by atoms with Crippen molar-refractivity contribution in [2.24, 2.45) is 0 Å². The molecule has 0 radical (unpaired) electrons. The number of amides is 3. The van der Waals surface area contributed by atoms with Crippen LogP contribution in [0, 0.1) is 0 Å². The average molecular weight is 476 g/mol. The van der Waals surface area contributed by atoms with Gasteiger partial charge >= 0.3 is 18.4 Å². The fourth-order valence-electron chi connectivity index (χ4n) is 2.97. The molecule has 3 amide bonds. The van der Waals surface area contributed by atoms with Crippen LogP contribution >= 0.6 is 0 Å². The zero-order valence-corrected chi connectivity index (χ0v) is 17.6. The normalized spacial score (nSPS) is 16.6. The van der Waals surface area contributed by atoms with Crippen molar-refractivity contribution in [1.82, 2.24) is 29.5 Å². The number of halogens is 6. The lowest BCUT2D eigenvalue weighted by atomic mass is 10.0.